The monoisotopic (exact) mass is 359 g/mol. The van der Waals surface area contributed by atoms with Gasteiger partial charge >= 0.3 is 0 Å². The van der Waals surface area contributed by atoms with E-state index in [1.54, 1.807) is 11.7 Å². The summed E-state index contributed by atoms with van der Waals surface area (Å²) in [6, 6.07) is 1.49. The van der Waals surface area contributed by atoms with Gasteiger partial charge in [0.1, 0.15) is 4.90 Å². The van der Waals surface area contributed by atoms with Gasteiger partial charge in [-0.2, -0.15) is 5.10 Å². The normalized spacial score (nSPS) is 18.7. The second-order valence-electron chi connectivity index (χ2n) is 5.32. The predicted molar refractivity (Wildman–Crippen MR) is 83.7 cm³/mol. The molecule has 0 radical (unpaired) electrons. The highest BCUT2D eigenvalue weighted by Gasteiger charge is 2.28. The molecule has 0 unspecified atom stereocenters. The Labute approximate surface area is 134 Å². The van der Waals surface area contributed by atoms with Crippen molar-refractivity contribution in [2.45, 2.75) is 11.3 Å². The number of nitrogens with one attached hydrogen (secondary N) is 1. The first-order valence-corrected chi connectivity index (χ1v) is 10.1. The summed E-state index contributed by atoms with van der Waals surface area (Å²) >= 11 is 0. The van der Waals surface area contributed by atoms with Crippen LogP contribution < -0.4 is 4.72 Å². The summed E-state index contributed by atoms with van der Waals surface area (Å²) in [5.41, 5.74) is 0.590. The van der Waals surface area contributed by atoms with Gasteiger partial charge in [-0.3, -0.25) is 4.68 Å². The van der Waals surface area contributed by atoms with E-state index >= 15 is 0 Å². The van der Waals surface area contributed by atoms with Gasteiger partial charge in [-0.05, 0) is 12.5 Å². The van der Waals surface area contributed by atoms with Gasteiger partial charge in [0.25, 0.3) is 0 Å². The Kier molecular flexibility index (Phi) is 4.12. The maximum atomic E-state index is 12.3. The summed E-state index contributed by atoms with van der Waals surface area (Å²) in [6.45, 7) is 0.587. The van der Waals surface area contributed by atoms with Crippen molar-refractivity contribution in [3.63, 3.8) is 0 Å². The zero-order valence-electron chi connectivity index (χ0n) is 12.5. The average Bonchev–Trinajstić information content (AvgIpc) is 3.02. The largest absolute Gasteiger partial charge is 0.250 e. The van der Waals surface area contributed by atoms with Crippen molar-refractivity contribution >= 4 is 31.1 Å². The summed E-state index contributed by atoms with van der Waals surface area (Å²) in [4.78, 5) is 4.12. The molecule has 23 heavy (non-hydrogen) atoms. The second kappa shape index (κ2) is 5.82. The zero-order valence-corrected chi connectivity index (χ0v) is 14.1. The van der Waals surface area contributed by atoms with Crippen LogP contribution in [0.3, 0.4) is 0 Å². The van der Waals surface area contributed by atoms with Crippen LogP contribution in [0.4, 0.5) is 0 Å². The molecule has 0 saturated carbocycles. The first-order valence-electron chi connectivity index (χ1n) is 7.05. The molecule has 0 aliphatic carbocycles. The molecule has 9 nitrogen and oxygen atoms in total. The molecule has 0 amide bonds. The van der Waals surface area contributed by atoms with E-state index in [2.05, 4.69) is 14.8 Å². The Morgan fingerprint density at radius 3 is 2.83 bits per heavy atom. The molecule has 3 heterocycles. The van der Waals surface area contributed by atoms with Crippen molar-refractivity contribution in [1.29, 1.82) is 0 Å². The standard InChI is InChI=1S/C12H17N5O4S2/c1-16-12-10(8-14-16)7-11(9-13-12)23(20,21)15-3-5-17-4-2-6-22(17,18)19/h7-9,15H,2-6H2,1H3. The Morgan fingerprint density at radius 2 is 2.13 bits per heavy atom. The van der Waals surface area contributed by atoms with Gasteiger partial charge in [-0.15, -0.1) is 0 Å². The summed E-state index contributed by atoms with van der Waals surface area (Å²) in [5, 5.41) is 4.64. The lowest BCUT2D eigenvalue weighted by Crippen LogP contribution is -2.35. The fourth-order valence-electron chi connectivity index (χ4n) is 2.50. The maximum absolute atomic E-state index is 12.3. The smallest absolute Gasteiger partial charge is 0.242 e. The summed E-state index contributed by atoms with van der Waals surface area (Å²) in [7, 11) is -5.24. The van der Waals surface area contributed by atoms with Crippen LogP contribution in [0.25, 0.3) is 11.0 Å². The van der Waals surface area contributed by atoms with Gasteiger partial charge in [0, 0.05) is 38.3 Å². The Bertz CT molecular complexity index is 936. The van der Waals surface area contributed by atoms with Gasteiger partial charge in [0.2, 0.25) is 20.0 Å². The lowest BCUT2D eigenvalue weighted by Gasteiger charge is -2.14. The fourth-order valence-corrected chi connectivity index (χ4v) is 5.03. The van der Waals surface area contributed by atoms with Crippen LogP contribution in [-0.2, 0) is 27.1 Å². The third kappa shape index (κ3) is 3.22. The molecule has 2 aromatic rings. The van der Waals surface area contributed by atoms with E-state index < -0.39 is 20.0 Å². The highest BCUT2D eigenvalue weighted by atomic mass is 32.2. The Hall–Kier alpha value is -1.56. The molecule has 1 N–H and O–H groups in total. The van der Waals surface area contributed by atoms with Crippen LogP contribution in [0.1, 0.15) is 6.42 Å². The predicted octanol–water partition coefficient (Wildman–Crippen LogP) is -0.718. The first-order chi connectivity index (χ1) is 10.8. The number of sulfonamides is 2. The molecule has 0 aromatic carbocycles. The molecule has 3 rings (SSSR count). The number of hydrogen-bond donors (Lipinski definition) is 1. The Morgan fingerprint density at radius 1 is 1.35 bits per heavy atom. The van der Waals surface area contributed by atoms with E-state index in [1.165, 1.54) is 22.8 Å². The highest BCUT2D eigenvalue weighted by molar-refractivity contribution is 7.89. The minimum absolute atomic E-state index is 0.0205. The van der Waals surface area contributed by atoms with E-state index in [0.717, 1.165) is 0 Å². The molecule has 11 heteroatoms. The lowest BCUT2D eigenvalue weighted by atomic mass is 10.4. The number of aromatic nitrogens is 3. The molecule has 0 atom stereocenters. The van der Waals surface area contributed by atoms with Crippen molar-refractivity contribution in [1.82, 2.24) is 23.8 Å². The Balaban J connectivity index is 1.70. The number of nitrogens with zero attached hydrogens (tertiary/aromatic N) is 4. The van der Waals surface area contributed by atoms with E-state index in [1.807, 2.05) is 0 Å². The number of aryl methyl sites for hydroxylation is 1. The summed E-state index contributed by atoms with van der Waals surface area (Å²) < 4.78 is 53.1. The minimum atomic E-state index is -3.74. The van der Waals surface area contributed by atoms with Crippen molar-refractivity contribution < 1.29 is 16.8 Å². The van der Waals surface area contributed by atoms with Crippen LogP contribution in [0.5, 0.6) is 0 Å². The van der Waals surface area contributed by atoms with Gasteiger partial charge in [0.05, 0.1) is 11.9 Å². The second-order valence-corrected chi connectivity index (χ2v) is 9.17. The maximum Gasteiger partial charge on any atom is 0.242 e. The molecule has 0 bridgehead atoms. The van der Waals surface area contributed by atoms with E-state index in [0.29, 0.717) is 24.0 Å². The first kappa shape index (κ1) is 16.3. The third-order valence-corrected chi connectivity index (χ3v) is 7.10. The van der Waals surface area contributed by atoms with Crippen LogP contribution in [0, 0.1) is 0 Å². The van der Waals surface area contributed by atoms with Crippen molar-refractivity contribution in [2.75, 3.05) is 25.4 Å². The van der Waals surface area contributed by atoms with E-state index in [9.17, 15) is 16.8 Å². The number of pyridine rings is 1. The zero-order chi connectivity index (χ0) is 16.7. The molecule has 1 saturated heterocycles. The van der Waals surface area contributed by atoms with E-state index in [-0.39, 0.29) is 23.7 Å². The topological polar surface area (TPSA) is 114 Å². The van der Waals surface area contributed by atoms with E-state index in [4.69, 9.17) is 0 Å². The van der Waals surface area contributed by atoms with Crippen molar-refractivity contribution in [3.05, 3.63) is 18.5 Å². The third-order valence-electron chi connectivity index (χ3n) is 3.71. The van der Waals surface area contributed by atoms with Crippen molar-refractivity contribution in [2.24, 2.45) is 7.05 Å². The number of rotatable bonds is 5. The number of hydrogen-bond acceptors (Lipinski definition) is 6. The summed E-state index contributed by atoms with van der Waals surface area (Å²) in [5.74, 6) is 0.126. The SMILES string of the molecule is Cn1ncc2cc(S(=O)(=O)NCCN3CCCS3(=O)=O)cnc21. The van der Waals surface area contributed by atoms with Gasteiger partial charge in [-0.1, -0.05) is 0 Å². The van der Waals surface area contributed by atoms with Crippen LogP contribution in [-0.4, -0.2) is 61.3 Å². The molecule has 126 valence electrons. The van der Waals surface area contributed by atoms with Crippen LogP contribution in [0.15, 0.2) is 23.4 Å². The van der Waals surface area contributed by atoms with Crippen molar-refractivity contribution in [3.8, 4) is 0 Å². The lowest BCUT2D eigenvalue weighted by molar-refractivity contribution is 0.444. The van der Waals surface area contributed by atoms with Crippen LogP contribution >= 0.6 is 0 Å². The van der Waals surface area contributed by atoms with Gasteiger partial charge < -0.3 is 0 Å². The fraction of sp³-hybridized carbons (Fsp3) is 0.500. The van der Waals surface area contributed by atoms with Crippen LogP contribution in [0.2, 0.25) is 0 Å². The number of fused-ring (bicyclic) bond motifs is 1. The molecule has 2 aromatic heterocycles. The minimum Gasteiger partial charge on any atom is -0.250 e. The molecule has 1 aliphatic heterocycles. The highest BCUT2D eigenvalue weighted by Crippen LogP contribution is 2.16. The summed E-state index contributed by atoms with van der Waals surface area (Å²) in [6.07, 6.45) is 3.38. The molecular weight excluding hydrogens is 342 g/mol. The average molecular weight is 359 g/mol. The molecule has 0 spiro atoms. The molecule has 1 aliphatic rings. The van der Waals surface area contributed by atoms with Gasteiger partial charge in [0.15, 0.2) is 5.65 Å². The molecule has 1 fully saturated rings. The van der Waals surface area contributed by atoms with Gasteiger partial charge in [-0.25, -0.2) is 30.8 Å². The quantitative estimate of drug-likeness (QED) is 0.754. The molecular formula is C12H17N5O4S2.